The summed E-state index contributed by atoms with van der Waals surface area (Å²) in [5, 5.41) is -0.336. The highest BCUT2D eigenvalue weighted by Gasteiger charge is 2.41. The number of hydrogen-bond acceptors (Lipinski definition) is 3. The van der Waals surface area contributed by atoms with Crippen molar-refractivity contribution < 1.29 is 13.8 Å². The zero-order valence-corrected chi connectivity index (χ0v) is 14.9. The van der Waals surface area contributed by atoms with Gasteiger partial charge >= 0.3 is 0 Å². The maximum absolute atomic E-state index is 12.8. The number of imide groups is 1. The summed E-state index contributed by atoms with van der Waals surface area (Å²) in [5.74, 6) is -1.13. The molecule has 1 aliphatic rings. The Morgan fingerprint density at radius 2 is 1.65 bits per heavy atom. The second-order valence-electron chi connectivity index (χ2n) is 5.00. The quantitative estimate of drug-likeness (QED) is 0.710. The number of rotatable bonds is 2. The lowest BCUT2D eigenvalue weighted by molar-refractivity contribution is -0.125. The van der Waals surface area contributed by atoms with E-state index in [1.807, 2.05) is 0 Å². The molecule has 1 aliphatic heterocycles. The van der Waals surface area contributed by atoms with Gasteiger partial charge in [-0.3, -0.25) is 13.8 Å². The minimum Gasteiger partial charge on any atom is -0.273 e. The molecule has 0 saturated carbocycles. The van der Waals surface area contributed by atoms with E-state index in [9.17, 15) is 13.8 Å². The first-order valence-corrected chi connectivity index (χ1v) is 9.27. The van der Waals surface area contributed by atoms with Gasteiger partial charge in [0.05, 0.1) is 5.69 Å². The molecule has 4 nitrogen and oxygen atoms in total. The lowest BCUT2D eigenvalue weighted by Gasteiger charge is -2.30. The van der Waals surface area contributed by atoms with Gasteiger partial charge in [0.25, 0.3) is 5.91 Å². The molecule has 0 aliphatic carbocycles. The van der Waals surface area contributed by atoms with Gasteiger partial charge in [-0.25, -0.2) is 4.90 Å². The molecular weight excluding hydrogens is 402 g/mol. The Bertz CT molecular complexity index is 726. The highest BCUT2D eigenvalue weighted by molar-refractivity contribution is 9.10. The molecule has 7 heteroatoms. The van der Waals surface area contributed by atoms with Crippen LogP contribution in [-0.4, -0.2) is 21.8 Å². The Morgan fingerprint density at radius 3 is 2.26 bits per heavy atom. The molecule has 0 aromatic heterocycles. The van der Waals surface area contributed by atoms with E-state index in [0.717, 1.165) is 9.37 Å². The van der Waals surface area contributed by atoms with E-state index >= 15 is 0 Å². The largest absolute Gasteiger partial charge is 0.273 e. The molecule has 2 aromatic rings. The Kier molecular flexibility index (Phi) is 4.66. The fourth-order valence-electron chi connectivity index (χ4n) is 2.42. The third-order valence-corrected chi connectivity index (χ3v) is 5.79. The summed E-state index contributed by atoms with van der Waals surface area (Å²) in [5.41, 5.74) is 1.06. The Morgan fingerprint density at radius 1 is 1.04 bits per heavy atom. The molecule has 3 rings (SSSR count). The van der Waals surface area contributed by atoms with E-state index < -0.39 is 27.9 Å². The number of carbonyl (C=O) groups is 2. The van der Waals surface area contributed by atoms with Crippen LogP contribution in [-0.2, 0) is 20.4 Å². The standard InChI is InChI=1S/C16H11BrClNO3S/c17-11-3-7-13(8-4-11)19-14(20)9-23(22)15(16(19)21)10-1-5-12(18)6-2-10/h1-8,15H,9H2/t15-,23+/m0/s1. The number of halogens is 2. The molecule has 23 heavy (non-hydrogen) atoms. The summed E-state index contributed by atoms with van der Waals surface area (Å²) < 4.78 is 13.2. The number of hydrogen-bond donors (Lipinski definition) is 0. The van der Waals surface area contributed by atoms with E-state index in [0.29, 0.717) is 16.3 Å². The smallest absolute Gasteiger partial charge is 0.254 e. The molecule has 1 fully saturated rings. The fourth-order valence-corrected chi connectivity index (χ4v) is 4.14. The van der Waals surface area contributed by atoms with E-state index in [2.05, 4.69) is 15.9 Å². The summed E-state index contributed by atoms with van der Waals surface area (Å²) in [6.07, 6.45) is 0. The summed E-state index contributed by atoms with van der Waals surface area (Å²) >= 11 is 9.17. The molecule has 1 heterocycles. The summed E-state index contributed by atoms with van der Waals surface area (Å²) in [4.78, 5) is 26.1. The van der Waals surface area contributed by atoms with Gasteiger partial charge in [-0.05, 0) is 42.0 Å². The number of carbonyl (C=O) groups excluding carboxylic acids is 2. The molecular formula is C16H11BrClNO3S. The third kappa shape index (κ3) is 3.24. The van der Waals surface area contributed by atoms with Gasteiger partial charge in [-0.2, -0.15) is 0 Å². The van der Waals surface area contributed by atoms with Crippen molar-refractivity contribution in [1.82, 2.24) is 0 Å². The Hall–Kier alpha value is -1.50. The number of amides is 2. The Balaban J connectivity index is 2.00. The lowest BCUT2D eigenvalue weighted by atomic mass is 10.1. The average Bonchev–Trinajstić information content (AvgIpc) is 2.50. The van der Waals surface area contributed by atoms with Gasteiger partial charge in [-0.1, -0.05) is 39.7 Å². The van der Waals surface area contributed by atoms with Crippen LogP contribution in [0.3, 0.4) is 0 Å². The summed E-state index contributed by atoms with van der Waals surface area (Å²) in [6, 6.07) is 13.5. The zero-order valence-electron chi connectivity index (χ0n) is 11.7. The number of nitrogens with zero attached hydrogens (tertiary/aromatic N) is 1. The number of benzene rings is 2. The minimum absolute atomic E-state index is 0.185. The molecule has 0 spiro atoms. The molecule has 2 atom stereocenters. The summed E-state index contributed by atoms with van der Waals surface area (Å²) in [7, 11) is -1.59. The van der Waals surface area contributed by atoms with Gasteiger partial charge in [0, 0.05) is 20.3 Å². The van der Waals surface area contributed by atoms with Crippen molar-refractivity contribution >= 4 is 55.8 Å². The van der Waals surface area contributed by atoms with E-state index in [-0.39, 0.29) is 5.75 Å². The monoisotopic (exact) mass is 411 g/mol. The van der Waals surface area contributed by atoms with Crippen LogP contribution in [0.4, 0.5) is 5.69 Å². The van der Waals surface area contributed by atoms with Gasteiger partial charge < -0.3 is 0 Å². The second kappa shape index (κ2) is 6.55. The van der Waals surface area contributed by atoms with Crippen LogP contribution < -0.4 is 4.90 Å². The maximum Gasteiger partial charge on any atom is 0.254 e. The molecule has 118 valence electrons. The average molecular weight is 413 g/mol. The van der Waals surface area contributed by atoms with Crippen LogP contribution >= 0.6 is 27.5 Å². The van der Waals surface area contributed by atoms with Crippen LogP contribution in [0.25, 0.3) is 0 Å². The van der Waals surface area contributed by atoms with Crippen LogP contribution in [0.5, 0.6) is 0 Å². The first-order valence-electron chi connectivity index (χ1n) is 6.72. The van der Waals surface area contributed by atoms with Crippen molar-refractivity contribution in [3.8, 4) is 0 Å². The topological polar surface area (TPSA) is 54.5 Å². The van der Waals surface area contributed by atoms with Crippen molar-refractivity contribution in [2.24, 2.45) is 0 Å². The highest BCUT2D eigenvalue weighted by Crippen LogP contribution is 2.31. The van der Waals surface area contributed by atoms with Gasteiger partial charge in [0.2, 0.25) is 5.91 Å². The SMILES string of the molecule is O=C1C[S@@](=O)[C@@H](c2ccc(Cl)cc2)C(=O)N1c1ccc(Br)cc1. The van der Waals surface area contributed by atoms with E-state index in [4.69, 9.17) is 11.6 Å². The lowest BCUT2D eigenvalue weighted by Crippen LogP contribution is -2.49. The zero-order chi connectivity index (χ0) is 16.6. The highest BCUT2D eigenvalue weighted by atomic mass is 79.9. The molecule has 2 amide bonds. The first-order chi connectivity index (χ1) is 11.0. The summed E-state index contributed by atoms with van der Waals surface area (Å²) in [6.45, 7) is 0. The van der Waals surface area contributed by atoms with Gasteiger partial charge in [-0.15, -0.1) is 0 Å². The molecule has 0 bridgehead atoms. The molecule has 2 aromatic carbocycles. The normalized spacial score (nSPS) is 21.6. The van der Waals surface area contributed by atoms with E-state index in [1.165, 1.54) is 0 Å². The molecule has 0 radical (unpaired) electrons. The van der Waals surface area contributed by atoms with Crippen LogP contribution in [0.15, 0.2) is 53.0 Å². The van der Waals surface area contributed by atoms with Crippen LogP contribution in [0, 0.1) is 0 Å². The molecule has 1 saturated heterocycles. The maximum atomic E-state index is 12.8. The first kappa shape index (κ1) is 16.4. The fraction of sp³-hybridized carbons (Fsp3) is 0.125. The van der Waals surface area contributed by atoms with Gasteiger partial charge in [0.1, 0.15) is 11.0 Å². The van der Waals surface area contributed by atoms with Crippen molar-refractivity contribution in [2.45, 2.75) is 5.25 Å². The second-order valence-corrected chi connectivity index (χ2v) is 7.87. The molecule has 0 N–H and O–H groups in total. The van der Waals surface area contributed by atoms with Crippen molar-refractivity contribution in [2.75, 3.05) is 10.7 Å². The van der Waals surface area contributed by atoms with Crippen molar-refractivity contribution in [3.05, 3.63) is 63.6 Å². The minimum atomic E-state index is -1.59. The van der Waals surface area contributed by atoms with Crippen LogP contribution in [0.1, 0.15) is 10.8 Å². The van der Waals surface area contributed by atoms with Gasteiger partial charge in [0.15, 0.2) is 0 Å². The van der Waals surface area contributed by atoms with E-state index in [1.54, 1.807) is 48.5 Å². The third-order valence-electron chi connectivity index (χ3n) is 3.48. The molecule has 0 unspecified atom stereocenters. The Labute approximate surface area is 149 Å². The van der Waals surface area contributed by atoms with Crippen molar-refractivity contribution in [3.63, 3.8) is 0 Å². The van der Waals surface area contributed by atoms with Crippen molar-refractivity contribution in [1.29, 1.82) is 0 Å². The predicted octanol–water partition coefficient (Wildman–Crippen LogP) is 3.47. The predicted molar refractivity (Wildman–Crippen MR) is 93.8 cm³/mol. The number of anilines is 1. The van der Waals surface area contributed by atoms with Crippen LogP contribution in [0.2, 0.25) is 5.02 Å².